The molecule has 2 aromatic carbocycles. The molecule has 4 heteroatoms. The Kier molecular flexibility index (Phi) is 3.78. The van der Waals surface area contributed by atoms with Crippen LogP contribution in [0.5, 0.6) is 11.6 Å². The fraction of sp³-hybridized carbons (Fsp3) is 0.118. The summed E-state index contributed by atoms with van der Waals surface area (Å²) in [6.45, 7) is 1.82. The zero-order valence-electron chi connectivity index (χ0n) is 11.5. The Hall–Kier alpha value is -2.10. The topological polar surface area (TPSA) is 42.4 Å². The molecule has 1 N–H and O–H groups in total. The van der Waals surface area contributed by atoms with E-state index < -0.39 is 0 Å². The van der Waals surface area contributed by atoms with Crippen molar-refractivity contribution >= 4 is 22.4 Å². The second-order valence-electron chi connectivity index (χ2n) is 4.81. The van der Waals surface area contributed by atoms with Crippen LogP contribution in [-0.2, 0) is 6.61 Å². The van der Waals surface area contributed by atoms with Gasteiger partial charge in [-0.1, -0.05) is 35.9 Å². The Labute approximate surface area is 127 Å². The van der Waals surface area contributed by atoms with E-state index in [0.29, 0.717) is 22.3 Å². The summed E-state index contributed by atoms with van der Waals surface area (Å²) in [7, 11) is 0. The number of aliphatic hydroxyl groups excluding tert-OH is 1. The van der Waals surface area contributed by atoms with Gasteiger partial charge < -0.3 is 9.84 Å². The molecule has 0 amide bonds. The highest BCUT2D eigenvalue weighted by Gasteiger charge is 2.09. The van der Waals surface area contributed by atoms with Crippen LogP contribution in [0.25, 0.3) is 10.8 Å². The number of fused-ring (bicyclic) bond motifs is 1. The summed E-state index contributed by atoms with van der Waals surface area (Å²) < 4.78 is 5.94. The van der Waals surface area contributed by atoms with Crippen molar-refractivity contribution in [3.8, 4) is 11.6 Å². The third-order valence-corrected chi connectivity index (χ3v) is 3.51. The van der Waals surface area contributed by atoms with E-state index >= 15 is 0 Å². The molecule has 0 aliphatic heterocycles. The number of aromatic nitrogens is 1. The summed E-state index contributed by atoms with van der Waals surface area (Å²) in [5, 5.41) is 11.8. The predicted octanol–water partition coefficient (Wildman–Crippen LogP) is 4.48. The van der Waals surface area contributed by atoms with Crippen LogP contribution in [0.3, 0.4) is 0 Å². The number of hydrogen-bond acceptors (Lipinski definition) is 3. The lowest BCUT2D eigenvalue weighted by molar-refractivity contribution is 0.275. The van der Waals surface area contributed by atoms with Gasteiger partial charge >= 0.3 is 0 Å². The van der Waals surface area contributed by atoms with Crippen molar-refractivity contribution in [1.29, 1.82) is 0 Å². The Morgan fingerprint density at radius 1 is 1.14 bits per heavy atom. The molecule has 0 aliphatic carbocycles. The highest BCUT2D eigenvalue weighted by Crippen LogP contribution is 2.32. The highest BCUT2D eigenvalue weighted by molar-refractivity contribution is 6.30. The van der Waals surface area contributed by atoms with Gasteiger partial charge in [0, 0.05) is 10.4 Å². The average Bonchev–Trinajstić information content (AvgIpc) is 2.50. The van der Waals surface area contributed by atoms with Gasteiger partial charge in [0.25, 0.3) is 0 Å². The molecule has 0 saturated heterocycles. The molecule has 0 saturated carbocycles. The molecule has 0 radical (unpaired) electrons. The van der Waals surface area contributed by atoms with Gasteiger partial charge in [0.05, 0.1) is 12.3 Å². The maximum absolute atomic E-state index is 9.35. The molecular formula is C17H14ClNO2. The molecule has 106 valence electrons. The second-order valence-corrected chi connectivity index (χ2v) is 5.25. The number of nitrogens with zero attached hydrogens (tertiary/aromatic N) is 1. The van der Waals surface area contributed by atoms with Crippen molar-refractivity contribution in [3.05, 3.63) is 64.8 Å². The largest absolute Gasteiger partial charge is 0.438 e. The van der Waals surface area contributed by atoms with Gasteiger partial charge in [0.2, 0.25) is 5.88 Å². The van der Waals surface area contributed by atoms with Gasteiger partial charge in [-0.2, -0.15) is 0 Å². The molecule has 21 heavy (non-hydrogen) atoms. The minimum Gasteiger partial charge on any atom is -0.438 e. The molecule has 1 heterocycles. The van der Waals surface area contributed by atoms with E-state index in [1.165, 1.54) is 0 Å². The maximum Gasteiger partial charge on any atom is 0.227 e. The summed E-state index contributed by atoms with van der Waals surface area (Å²) >= 11 is 6.02. The zero-order valence-corrected chi connectivity index (χ0v) is 12.3. The van der Waals surface area contributed by atoms with Crippen molar-refractivity contribution < 1.29 is 9.84 Å². The Bertz CT molecular complexity index is 802. The van der Waals surface area contributed by atoms with E-state index in [2.05, 4.69) is 4.98 Å². The quantitative estimate of drug-likeness (QED) is 0.775. The molecular weight excluding hydrogens is 286 g/mol. The van der Waals surface area contributed by atoms with Crippen LogP contribution in [0.4, 0.5) is 0 Å². The third kappa shape index (κ3) is 2.84. The normalized spacial score (nSPS) is 10.8. The summed E-state index contributed by atoms with van der Waals surface area (Å²) in [4.78, 5) is 4.37. The monoisotopic (exact) mass is 299 g/mol. The van der Waals surface area contributed by atoms with Crippen molar-refractivity contribution in [2.75, 3.05) is 0 Å². The van der Waals surface area contributed by atoms with Gasteiger partial charge in [0.1, 0.15) is 5.75 Å². The van der Waals surface area contributed by atoms with Gasteiger partial charge in [0.15, 0.2) is 0 Å². The molecule has 0 bridgehead atoms. The Morgan fingerprint density at radius 2 is 1.95 bits per heavy atom. The van der Waals surface area contributed by atoms with Crippen LogP contribution in [0.15, 0.2) is 48.5 Å². The smallest absolute Gasteiger partial charge is 0.227 e. The van der Waals surface area contributed by atoms with Crippen LogP contribution in [0, 0.1) is 6.92 Å². The lowest BCUT2D eigenvalue weighted by Gasteiger charge is -2.12. The first kappa shape index (κ1) is 13.9. The highest BCUT2D eigenvalue weighted by atomic mass is 35.5. The summed E-state index contributed by atoms with van der Waals surface area (Å²) in [6.07, 6.45) is 0. The van der Waals surface area contributed by atoms with E-state index in [0.717, 1.165) is 16.3 Å². The van der Waals surface area contributed by atoms with Crippen LogP contribution in [0.1, 0.15) is 11.3 Å². The summed E-state index contributed by atoms with van der Waals surface area (Å²) in [5.41, 5.74) is 1.54. The van der Waals surface area contributed by atoms with Crippen molar-refractivity contribution in [2.45, 2.75) is 13.5 Å². The van der Waals surface area contributed by atoms with Gasteiger partial charge in [-0.25, -0.2) is 4.98 Å². The van der Waals surface area contributed by atoms with E-state index in [1.54, 1.807) is 6.07 Å². The standard InChI is InChI=1S/C17H14ClNO2/c1-11-6-7-13(18)9-16(11)21-17-15-5-3-2-4-12(15)8-14(10-20)19-17/h2-9,20H,10H2,1H3. The second kappa shape index (κ2) is 5.72. The SMILES string of the molecule is Cc1ccc(Cl)cc1Oc1nc(CO)cc2ccccc12. The van der Waals surface area contributed by atoms with Crippen LogP contribution < -0.4 is 4.74 Å². The van der Waals surface area contributed by atoms with Crippen LogP contribution in [0.2, 0.25) is 5.02 Å². The molecule has 3 aromatic rings. The molecule has 0 aliphatic rings. The fourth-order valence-electron chi connectivity index (χ4n) is 2.17. The molecule has 0 atom stereocenters. The van der Waals surface area contributed by atoms with E-state index in [-0.39, 0.29) is 6.61 Å². The zero-order chi connectivity index (χ0) is 14.8. The molecule has 0 unspecified atom stereocenters. The first-order chi connectivity index (χ1) is 10.2. The fourth-order valence-corrected chi connectivity index (χ4v) is 2.33. The molecule has 1 aromatic heterocycles. The number of hydrogen-bond donors (Lipinski definition) is 1. The van der Waals surface area contributed by atoms with Gasteiger partial charge in [-0.15, -0.1) is 0 Å². The van der Waals surface area contributed by atoms with Crippen molar-refractivity contribution in [3.63, 3.8) is 0 Å². The molecule has 3 rings (SSSR count). The minimum absolute atomic E-state index is 0.129. The summed E-state index contributed by atoms with van der Waals surface area (Å²) in [5.74, 6) is 1.14. The number of aryl methyl sites for hydroxylation is 1. The Morgan fingerprint density at radius 3 is 2.76 bits per heavy atom. The molecule has 0 fully saturated rings. The van der Waals surface area contributed by atoms with Crippen molar-refractivity contribution in [2.24, 2.45) is 0 Å². The van der Waals surface area contributed by atoms with Crippen LogP contribution >= 0.6 is 11.6 Å². The first-order valence-electron chi connectivity index (χ1n) is 6.61. The van der Waals surface area contributed by atoms with Crippen molar-refractivity contribution in [1.82, 2.24) is 4.98 Å². The number of pyridine rings is 1. The number of aliphatic hydroxyl groups is 1. The Balaban J connectivity index is 2.13. The number of rotatable bonds is 3. The van der Waals surface area contributed by atoms with Crippen LogP contribution in [-0.4, -0.2) is 10.1 Å². The minimum atomic E-state index is -0.129. The maximum atomic E-state index is 9.35. The van der Waals surface area contributed by atoms with Gasteiger partial charge in [-0.05, 0) is 42.1 Å². The first-order valence-corrected chi connectivity index (χ1v) is 6.98. The lowest BCUT2D eigenvalue weighted by Crippen LogP contribution is -1.96. The lowest BCUT2D eigenvalue weighted by atomic mass is 10.1. The third-order valence-electron chi connectivity index (χ3n) is 3.28. The summed E-state index contributed by atoms with van der Waals surface area (Å²) in [6, 6.07) is 15.1. The molecule has 0 spiro atoms. The average molecular weight is 300 g/mol. The van der Waals surface area contributed by atoms with Gasteiger partial charge in [-0.3, -0.25) is 0 Å². The number of ether oxygens (including phenoxy) is 1. The predicted molar refractivity (Wildman–Crippen MR) is 83.9 cm³/mol. The van der Waals surface area contributed by atoms with E-state index in [1.807, 2.05) is 49.4 Å². The number of halogens is 1. The van der Waals surface area contributed by atoms with E-state index in [4.69, 9.17) is 16.3 Å². The number of benzene rings is 2. The van der Waals surface area contributed by atoms with E-state index in [9.17, 15) is 5.11 Å². The molecule has 3 nitrogen and oxygen atoms in total.